The third-order valence-corrected chi connectivity index (χ3v) is 6.39. The minimum atomic E-state index is -0.0809. The van der Waals surface area contributed by atoms with Crippen LogP contribution >= 0.6 is 0 Å². The van der Waals surface area contributed by atoms with Crippen molar-refractivity contribution in [2.45, 2.75) is 25.3 Å². The zero-order chi connectivity index (χ0) is 23.7. The van der Waals surface area contributed by atoms with Gasteiger partial charge in [0, 0.05) is 5.70 Å². The second-order valence-electron chi connectivity index (χ2n) is 8.21. The number of rotatable bonds is 6. The standard InChI is InChI=1S/C26H28N4O4/c1-31-20-10-8-16(13-22(20)33-3)12-17-6-5-7-19-24(17)29-26-27-15-28-30(26)25(19)18-9-11-21(32-2)23(14-18)34-4/h8-15,25H,5-7H2,1-4H3,(H,27,28,29). The van der Waals surface area contributed by atoms with Crippen LogP contribution in [0.25, 0.3) is 6.08 Å². The summed E-state index contributed by atoms with van der Waals surface area (Å²) in [5.74, 6) is 3.54. The van der Waals surface area contributed by atoms with Crippen LogP contribution in [0.5, 0.6) is 23.0 Å². The molecule has 0 fully saturated rings. The number of methoxy groups -OCH3 is 4. The van der Waals surface area contributed by atoms with Gasteiger partial charge in [0.15, 0.2) is 23.0 Å². The second-order valence-corrected chi connectivity index (χ2v) is 8.21. The van der Waals surface area contributed by atoms with Gasteiger partial charge in [-0.15, -0.1) is 0 Å². The highest BCUT2D eigenvalue weighted by atomic mass is 16.5. The average molecular weight is 461 g/mol. The van der Waals surface area contributed by atoms with Crippen molar-refractivity contribution < 1.29 is 18.9 Å². The van der Waals surface area contributed by atoms with Crippen molar-refractivity contribution in [1.82, 2.24) is 14.8 Å². The molecule has 34 heavy (non-hydrogen) atoms. The summed E-state index contributed by atoms with van der Waals surface area (Å²) < 4.78 is 23.9. The number of nitrogens with one attached hydrogen (secondary N) is 1. The van der Waals surface area contributed by atoms with Crippen LogP contribution in [-0.2, 0) is 0 Å². The third-order valence-electron chi connectivity index (χ3n) is 6.39. The predicted molar refractivity (Wildman–Crippen MR) is 130 cm³/mol. The minimum absolute atomic E-state index is 0.0809. The summed E-state index contributed by atoms with van der Waals surface area (Å²) in [7, 11) is 6.59. The average Bonchev–Trinajstić information content (AvgIpc) is 3.35. The number of fused-ring (bicyclic) bond motifs is 1. The van der Waals surface area contributed by atoms with E-state index in [1.807, 2.05) is 35.0 Å². The number of nitrogens with zero attached hydrogens (tertiary/aromatic N) is 3. The largest absolute Gasteiger partial charge is 0.493 e. The van der Waals surface area contributed by atoms with Crippen molar-refractivity contribution in [1.29, 1.82) is 0 Å². The number of anilines is 1. The van der Waals surface area contributed by atoms with Crippen molar-refractivity contribution in [2.75, 3.05) is 33.8 Å². The summed E-state index contributed by atoms with van der Waals surface area (Å²) in [5, 5.41) is 8.08. The molecule has 1 atom stereocenters. The first-order chi connectivity index (χ1) is 16.7. The molecule has 3 aromatic rings. The van der Waals surface area contributed by atoms with E-state index in [-0.39, 0.29) is 6.04 Å². The Kier molecular flexibility index (Phi) is 5.88. The van der Waals surface area contributed by atoms with Gasteiger partial charge in [-0.25, -0.2) is 4.68 Å². The maximum absolute atomic E-state index is 5.58. The van der Waals surface area contributed by atoms with Crippen LogP contribution < -0.4 is 24.3 Å². The maximum atomic E-state index is 5.58. The molecule has 1 aliphatic carbocycles. The fourth-order valence-corrected chi connectivity index (χ4v) is 4.80. The quantitative estimate of drug-likeness (QED) is 0.563. The number of aromatic nitrogens is 3. The Balaban J connectivity index is 1.61. The molecular formula is C26H28N4O4. The molecule has 0 amide bonds. The fourth-order valence-electron chi connectivity index (χ4n) is 4.80. The highest BCUT2D eigenvalue weighted by Gasteiger charge is 2.34. The lowest BCUT2D eigenvalue weighted by atomic mass is 9.83. The smallest absolute Gasteiger partial charge is 0.226 e. The Morgan fingerprint density at radius 2 is 1.59 bits per heavy atom. The van der Waals surface area contributed by atoms with E-state index < -0.39 is 0 Å². The number of allylic oxidation sites excluding steroid dienone is 2. The predicted octanol–water partition coefficient (Wildman–Crippen LogP) is 4.85. The molecule has 1 aliphatic heterocycles. The Bertz CT molecular complexity index is 1280. The van der Waals surface area contributed by atoms with E-state index in [9.17, 15) is 0 Å². The number of benzene rings is 2. The van der Waals surface area contributed by atoms with E-state index in [0.29, 0.717) is 23.0 Å². The van der Waals surface area contributed by atoms with Gasteiger partial charge in [0.25, 0.3) is 0 Å². The molecule has 8 heteroatoms. The van der Waals surface area contributed by atoms with Gasteiger partial charge in [0.2, 0.25) is 5.95 Å². The lowest BCUT2D eigenvalue weighted by molar-refractivity contribution is 0.354. The van der Waals surface area contributed by atoms with E-state index in [1.54, 1.807) is 34.8 Å². The molecule has 0 saturated carbocycles. The SMILES string of the molecule is COc1ccc(C=C2CCCC3=C2Nc2ncnn2C3c2ccc(OC)c(OC)c2)cc1OC. The minimum Gasteiger partial charge on any atom is -0.493 e. The van der Waals surface area contributed by atoms with Crippen molar-refractivity contribution in [3.8, 4) is 23.0 Å². The molecule has 0 radical (unpaired) electrons. The van der Waals surface area contributed by atoms with Gasteiger partial charge in [0.1, 0.15) is 12.4 Å². The molecule has 176 valence electrons. The van der Waals surface area contributed by atoms with Gasteiger partial charge in [-0.05, 0) is 71.9 Å². The number of ether oxygens (including phenoxy) is 4. The topological polar surface area (TPSA) is 79.7 Å². The summed E-state index contributed by atoms with van der Waals surface area (Å²) in [6, 6.07) is 11.9. The van der Waals surface area contributed by atoms with Gasteiger partial charge >= 0.3 is 0 Å². The van der Waals surface area contributed by atoms with E-state index in [2.05, 4.69) is 27.5 Å². The Hall–Kier alpha value is -3.94. The second kappa shape index (κ2) is 9.13. The van der Waals surface area contributed by atoms with Crippen LogP contribution in [-0.4, -0.2) is 43.2 Å². The highest BCUT2D eigenvalue weighted by Crippen LogP contribution is 2.45. The summed E-state index contributed by atoms with van der Waals surface area (Å²) >= 11 is 0. The Morgan fingerprint density at radius 3 is 2.32 bits per heavy atom. The maximum Gasteiger partial charge on any atom is 0.226 e. The fraction of sp³-hybridized carbons (Fsp3) is 0.308. The van der Waals surface area contributed by atoms with Crippen LogP contribution in [0, 0.1) is 0 Å². The zero-order valence-corrected chi connectivity index (χ0v) is 19.8. The third kappa shape index (κ3) is 3.75. The van der Waals surface area contributed by atoms with Gasteiger partial charge in [-0.3, -0.25) is 0 Å². The molecule has 0 bridgehead atoms. The van der Waals surface area contributed by atoms with Crippen molar-refractivity contribution in [3.05, 3.63) is 70.7 Å². The number of hydrogen-bond acceptors (Lipinski definition) is 7. The summed E-state index contributed by atoms with van der Waals surface area (Å²) in [6.45, 7) is 0. The molecule has 2 aromatic carbocycles. The van der Waals surface area contributed by atoms with Gasteiger partial charge in [0.05, 0.1) is 28.4 Å². The molecule has 2 heterocycles. The molecule has 1 N–H and O–H groups in total. The van der Waals surface area contributed by atoms with Gasteiger partial charge in [-0.1, -0.05) is 12.1 Å². The molecule has 2 aliphatic rings. The lowest BCUT2D eigenvalue weighted by Crippen LogP contribution is -2.28. The molecule has 8 nitrogen and oxygen atoms in total. The van der Waals surface area contributed by atoms with Crippen LogP contribution in [0.1, 0.15) is 36.4 Å². The van der Waals surface area contributed by atoms with E-state index in [0.717, 1.165) is 42.0 Å². The number of hydrogen-bond donors (Lipinski definition) is 1. The van der Waals surface area contributed by atoms with Crippen LogP contribution in [0.2, 0.25) is 0 Å². The molecule has 5 rings (SSSR count). The Labute approximate surface area is 198 Å². The first-order valence-corrected chi connectivity index (χ1v) is 11.2. The summed E-state index contributed by atoms with van der Waals surface area (Å²) in [4.78, 5) is 4.48. The van der Waals surface area contributed by atoms with Crippen molar-refractivity contribution >= 4 is 12.0 Å². The molecule has 1 aromatic heterocycles. The van der Waals surface area contributed by atoms with Gasteiger partial charge < -0.3 is 24.3 Å². The van der Waals surface area contributed by atoms with Crippen LogP contribution in [0.15, 0.2) is 59.6 Å². The van der Waals surface area contributed by atoms with Gasteiger partial charge in [-0.2, -0.15) is 10.1 Å². The first kappa shape index (κ1) is 21.9. The Morgan fingerprint density at radius 1 is 0.882 bits per heavy atom. The highest BCUT2D eigenvalue weighted by molar-refractivity contribution is 5.67. The normalized spacial score (nSPS) is 18.1. The van der Waals surface area contributed by atoms with E-state index >= 15 is 0 Å². The monoisotopic (exact) mass is 460 g/mol. The van der Waals surface area contributed by atoms with Crippen molar-refractivity contribution in [3.63, 3.8) is 0 Å². The molecule has 0 spiro atoms. The first-order valence-electron chi connectivity index (χ1n) is 11.2. The molecule has 1 unspecified atom stereocenters. The van der Waals surface area contributed by atoms with E-state index in [1.165, 1.54) is 11.1 Å². The summed E-state index contributed by atoms with van der Waals surface area (Å²) in [5.41, 5.74) is 5.75. The lowest BCUT2D eigenvalue weighted by Gasteiger charge is -2.34. The zero-order valence-electron chi connectivity index (χ0n) is 19.8. The van der Waals surface area contributed by atoms with E-state index in [4.69, 9.17) is 18.9 Å². The van der Waals surface area contributed by atoms with Crippen molar-refractivity contribution in [2.24, 2.45) is 0 Å². The molecular weight excluding hydrogens is 432 g/mol. The van der Waals surface area contributed by atoms with Crippen LogP contribution in [0.3, 0.4) is 0 Å². The summed E-state index contributed by atoms with van der Waals surface area (Å²) in [6.07, 6.45) is 6.78. The van der Waals surface area contributed by atoms with Crippen LogP contribution in [0.4, 0.5) is 5.95 Å². The molecule has 0 saturated heterocycles.